The monoisotopic (exact) mass is 104 g/mol. The Morgan fingerprint density at radius 3 is 2.00 bits per heavy atom. The van der Waals surface area contributed by atoms with E-state index in [0.29, 0.717) is 6.26 Å². The first-order valence-corrected chi connectivity index (χ1v) is 1.85. The summed E-state index contributed by atoms with van der Waals surface area (Å²) in [6.07, 6.45) is -0.866. The Hall–Kier alpha value is -0.540. The maximum Gasteiger partial charge on any atom is 0.177 e. The fourth-order valence-electron chi connectivity index (χ4n) is 0.0667. The molecular weight excluding hydrogens is 96.0 g/mol. The lowest BCUT2D eigenvalue weighted by atomic mass is 10.3. The van der Waals surface area contributed by atoms with E-state index in [1.54, 1.807) is 0 Å². The Morgan fingerprint density at radius 1 is 1.57 bits per heavy atom. The van der Waals surface area contributed by atoms with Crippen molar-refractivity contribution in [3.05, 3.63) is 11.8 Å². The number of aliphatic hydroxyl groups is 3. The second-order valence-corrected chi connectivity index (χ2v) is 1.25. The van der Waals surface area contributed by atoms with E-state index in [4.69, 9.17) is 15.3 Å². The van der Waals surface area contributed by atoms with Crippen molar-refractivity contribution >= 4 is 0 Å². The molecule has 0 aromatic heterocycles. The summed E-state index contributed by atoms with van der Waals surface area (Å²) in [7, 11) is 0. The molecule has 0 aliphatic heterocycles. The molecule has 3 nitrogen and oxygen atoms in total. The standard InChI is InChI=1S/C4H8O3/c1-3(2-5)4(6)7/h2,4-7H,1H3. The minimum Gasteiger partial charge on any atom is -0.515 e. The van der Waals surface area contributed by atoms with Gasteiger partial charge in [0.05, 0.1) is 6.26 Å². The van der Waals surface area contributed by atoms with E-state index in [2.05, 4.69) is 0 Å². The van der Waals surface area contributed by atoms with Crippen LogP contribution in [-0.4, -0.2) is 21.6 Å². The zero-order valence-corrected chi connectivity index (χ0v) is 4.00. The maximum atomic E-state index is 8.15. The summed E-state index contributed by atoms with van der Waals surface area (Å²) in [5.74, 6) is 0. The summed E-state index contributed by atoms with van der Waals surface area (Å²) in [4.78, 5) is 0. The van der Waals surface area contributed by atoms with Crippen LogP contribution >= 0.6 is 0 Å². The number of aliphatic hydroxyl groups excluding tert-OH is 2. The summed E-state index contributed by atoms with van der Waals surface area (Å²) in [6, 6.07) is 0. The van der Waals surface area contributed by atoms with E-state index < -0.39 is 6.29 Å². The molecule has 0 bridgehead atoms. The van der Waals surface area contributed by atoms with Crippen LogP contribution in [0.4, 0.5) is 0 Å². The van der Waals surface area contributed by atoms with Gasteiger partial charge in [-0.05, 0) is 6.92 Å². The molecule has 0 aliphatic rings. The van der Waals surface area contributed by atoms with Gasteiger partial charge in [0.2, 0.25) is 0 Å². The summed E-state index contributed by atoms with van der Waals surface area (Å²) < 4.78 is 0. The Bertz CT molecular complexity index is 75.0. The molecule has 0 heterocycles. The third-order valence-corrected chi connectivity index (χ3v) is 0.611. The predicted octanol–water partition coefficient (Wildman–Crippen LogP) is -0.241. The highest BCUT2D eigenvalue weighted by Crippen LogP contribution is 1.92. The molecule has 42 valence electrons. The SMILES string of the molecule is CC(=CO)C(O)O. The van der Waals surface area contributed by atoms with Gasteiger partial charge in [-0.2, -0.15) is 0 Å². The van der Waals surface area contributed by atoms with E-state index >= 15 is 0 Å². The highest BCUT2D eigenvalue weighted by atomic mass is 16.5. The average molecular weight is 104 g/mol. The molecule has 0 saturated heterocycles. The lowest BCUT2D eigenvalue weighted by molar-refractivity contribution is -0.00927. The first-order valence-electron chi connectivity index (χ1n) is 1.85. The quantitative estimate of drug-likeness (QED) is 0.318. The molecule has 0 fully saturated rings. The van der Waals surface area contributed by atoms with Crippen LogP contribution in [0.2, 0.25) is 0 Å². The Morgan fingerprint density at radius 2 is 2.00 bits per heavy atom. The maximum absolute atomic E-state index is 8.15. The van der Waals surface area contributed by atoms with Crippen LogP contribution in [0.15, 0.2) is 11.8 Å². The van der Waals surface area contributed by atoms with E-state index in [0.717, 1.165) is 0 Å². The minimum absolute atomic E-state index is 0.139. The third kappa shape index (κ3) is 2.19. The van der Waals surface area contributed by atoms with Gasteiger partial charge in [0.25, 0.3) is 0 Å². The largest absolute Gasteiger partial charge is 0.515 e. The van der Waals surface area contributed by atoms with Crippen molar-refractivity contribution < 1.29 is 15.3 Å². The highest BCUT2D eigenvalue weighted by Gasteiger charge is 1.96. The van der Waals surface area contributed by atoms with Crippen molar-refractivity contribution in [1.82, 2.24) is 0 Å². The lowest BCUT2D eigenvalue weighted by Crippen LogP contribution is -2.04. The fraction of sp³-hybridized carbons (Fsp3) is 0.500. The van der Waals surface area contributed by atoms with Crippen LogP contribution in [0.3, 0.4) is 0 Å². The molecule has 0 amide bonds. The van der Waals surface area contributed by atoms with Gasteiger partial charge >= 0.3 is 0 Å². The van der Waals surface area contributed by atoms with Crippen LogP contribution in [-0.2, 0) is 0 Å². The zero-order valence-electron chi connectivity index (χ0n) is 4.00. The topological polar surface area (TPSA) is 60.7 Å². The van der Waals surface area contributed by atoms with Crippen LogP contribution in [0, 0.1) is 0 Å². The van der Waals surface area contributed by atoms with Gasteiger partial charge < -0.3 is 15.3 Å². The molecule has 0 atom stereocenters. The molecule has 0 aromatic carbocycles. The molecule has 3 N–H and O–H groups in total. The molecule has 0 radical (unpaired) electrons. The van der Waals surface area contributed by atoms with Crippen molar-refractivity contribution in [2.75, 3.05) is 0 Å². The van der Waals surface area contributed by atoms with Crippen LogP contribution in [0.5, 0.6) is 0 Å². The third-order valence-electron chi connectivity index (χ3n) is 0.611. The van der Waals surface area contributed by atoms with Crippen LogP contribution in [0.25, 0.3) is 0 Å². The molecule has 0 aliphatic carbocycles. The summed E-state index contributed by atoms with van der Waals surface area (Å²) in [5.41, 5.74) is 0.139. The minimum atomic E-state index is -1.52. The number of rotatable bonds is 1. The van der Waals surface area contributed by atoms with E-state index in [1.807, 2.05) is 0 Å². The Kier molecular flexibility index (Phi) is 2.40. The smallest absolute Gasteiger partial charge is 0.177 e. The van der Waals surface area contributed by atoms with E-state index in [-0.39, 0.29) is 5.57 Å². The lowest BCUT2D eigenvalue weighted by Gasteiger charge is -1.97. The predicted molar refractivity (Wildman–Crippen MR) is 24.6 cm³/mol. The van der Waals surface area contributed by atoms with Crippen molar-refractivity contribution in [2.24, 2.45) is 0 Å². The summed E-state index contributed by atoms with van der Waals surface area (Å²) in [6.45, 7) is 1.41. The van der Waals surface area contributed by atoms with Crippen LogP contribution in [0.1, 0.15) is 6.92 Å². The van der Waals surface area contributed by atoms with E-state index in [9.17, 15) is 0 Å². The van der Waals surface area contributed by atoms with Gasteiger partial charge in [-0.25, -0.2) is 0 Å². The fourth-order valence-corrected chi connectivity index (χ4v) is 0.0667. The average Bonchev–Trinajstić information content (AvgIpc) is 1.65. The van der Waals surface area contributed by atoms with Gasteiger partial charge in [0.15, 0.2) is 6.29 Å². The van der Waals surface area contributed by atoms with Crippen molar-refractivity contribution in [3.63, 3.8) is 0 Å². The molecule has 3 heteroatoms. The van der Waals surface area contributed by atoms with Gasteiger partial charge in [-0.3, -0.25) is 0 Å². The Balaban J connectivity index is 3.56. The second kappa shape index (κ2) is 2.60. The normalized spacial score (nSPS) is 12.9. The molecule has 7 heavy (non-hydrogen) atoms. The first-order chi connectivity index (χ1) is 3.18. The molecule has 0 aromatic rings. The van der Waals surface area contributed by atoms with Gasteiger partial charge in [-0.15, -0.1) is 0 Å². The zero-order chi connectivity index (χ0) is 5.86. The Labute approximate surface area is 41.5 Å². The van der Waals surface area contributed by atoms with Gasteiger partial charge in [0, 0.05) is 5.57 Å². The van der Waals surface area contributed by atoms with Crippen LogP contribution < -0.4 is 0 Å². The highest BCUT2D eigenvalue weighted by molar-refractivity contribution is 4.93. The molecule has 0 spiro atoms. The molecule has 0 unspecified atom stereocenters. The van der Waals surface area contributed by atoms with Gasteiger partial charge in [-0.1, -0.05) is 0 Å². The molecular formula is C4H8O3. The second-order valence-electron chi connectivity index (χ2n) is 1.25. The summed E-state index contributed by atoms with van der Waals surface area (Å²) in [5, 5.41) is 24.3. The number of hydrogen-bond donors (Lipinski definition) is 3. The van der Waals surface area contributed by atoms with Crippen molar-refractivity contribution in [2.45, 2.75) is 13.2 Å². The summed E-state index contributed by atoms with van der Waals surface area (Å²) >= 11 is 0. The van der Waals surface area contributed by atoms with Crippen molar-refractivity contribution in [3.8, 4) is 0 Å². The van der Waals surface area contributed by atoms with E-state index in [1.165, 1.54) is 6.92 Å². The molecule has 0 saturated carbocycles. The molecule has 0 rings (SSSR count). The number of hydrogen-bond acceptors (Lipinski definition) is 3. The van der Waals surface area contributed by atoms with Crippen molar-refractivity contribution in [1.29, 1.82) is 0 Å². The van der Waals surface area contributed by atoms with Gasteiger partial charge in [0.1, 0.15) is 0 Å². The first kappa shape index (κ1) is 6.46.